The largest absolute Gasteiger partial charge is 0.479 e. The quantitative estimate of drug-likeness (QED) is 0.242. The fourth-order valence-electron chi connectivity index (χ4n) is 3.37. The molecule has 1 N–H and O–H groups in total. The number of benzene rings is 2. The zero-order valence-corrected chi connectivity index (χ0v) is 28.3. The highest BCUT2D eigenvalue weighted by Gasteiger charge is 2.25. The van der Waals surface area contributed by atoms with Gasteiger partial charge in [-0.3, -0.25) is 0 Å². The Balaban J connectivity index is 0.000000246. The first-order chi connectivity index (χ1) is 20.8. The maximum atomic E-state index is 12.0. The lowest BCUT2D eigenvalue weighted by Crippen LogP contribution is -2.27. The van der Waals surface area contributed by atoms with Gasteiger partial charge in [0.15, 0.2) is 0 Å². The van der Waals surface area contributed by atoms with Gasteiger partial charge >= 0.3 is 17.5 Å². The Morgan fingerprint density at radius 3 is 1.84 bits per heavy atom. The summed E-state index contributed by atoms with van der Waals surface area (Å²) < 4.78 is 17.8. The molecule has 2 aromatic heterocycles. The number of terminal acetylenes is 1. The summed E-state index contributed by atoms with van der Waals surface area (Å²) in [6, 6.07) is 7.48. The Morgan fingerprint density at radius 2 is 1.40 bits per heavy atom. The average molecular weight is 680 g/mol. The summed E-state index contributed by atoms with van der Waals surface area (Å²) in [5.41, 5.74) is 0.411. The summed E-state index contributed by atoms with van der Waals surface area (Å²) in [5.74, 6) is 2.02. The number of carbonyl (C=O) groups excluding carboxylic acids is 1. The van der Waals surface area contributed by atoms with Crippen molar-refractivity contribution in [3.63, 3.8) is 0 Å². The molecule has 0 radical (unpaired) electrons. The normalized spacial score (nSPS) is 11.3. The van der Waals surface area contributed by atoms with Crippen LogP contribution in [0.4, 0.5) is 10.5 Å². The highest BCUT2D eigenvalue weighted by atomic mass is 35.5. The third kappa shape index (κ3) is 8.72. The van der Waals surface area contributed by atoms with Gasteiger partial charge in [-0.1, -0.05) is 82.3 Å². The molecule has 2 heterocycles. The summed E-state index contributed by atoms with van der Waals surface area (Å²) in [6.45, 7) is 11.4. The third-order valence-electron chi connectivity index (χ3n) is 5.75. The van der Waals surface area contributed by atoms with Crippen molar-refractivity contribution >= 4 is 46.5 Å². The van der Waals surface area contributed by atoms with Gasteiger partial charge in [-0.15, -0.1) is 16.6 Å². The molecule has 240 valence electrons. The molecular formula is C30H33Cl3N6O6. The lowest BCUT2D eigenvalue weighted by molar-refractivity contribution is 0.230. The minimum atomic E-state index is -0.642. The molecule has 0 aliphatic rings. The molecule has 0 bridgehead atoms. The Kier molecular flexibility index (Phi) is 10.9. The van der Waals surface area contributed by atoms with Crippen LogP contribution < -0.4 is 21.6 Å². The van der Waals surface area contributed by atoms with Crippen molar-refractivity contribution in [3.8, 4) is 29.5 Å². The van der Waals surface area contributed by atoms with Crippen molar-refractivity contribution in [3.05, 3.63) is 78.3 Å². The Labute approximate surface area is 274 Å². The van der Waals surface area contributed by atoms with E-state index in [1.54, 1.807) is 32.3 Å². The monoisotopic (exact) mass is 678 g/mol. The van der Waals surface area contributed by atoms with Crippen LogP contribution in [0.5, 0.6) is 5.75 Å². The van der Waals surface area contributed by atoms with E-state index in [1.165, 1.54) is 17.0 Å². The molecule has 0 aliphatic carbocycles. The minimum Gasteiger partial charge on any atom is -0.479 e. The highest BCUT2D eigenvalue weighted by Crippen LogP contribution is 2.33. The molecule has 0 saturated heterocycles. The third-order valence-corrected chi connectivity index (χ3v) is 6.65. The molecule has 2 amide bonds. The van der Waals surface area contributed by atoms with Crippen LogP contribution in [0.25, 0.3) is 11.4 Å². The van der Waals surface area contributed by atoms with E-state index in [4.69, 9.17) is 54.8 Å². The number of carbonyl (C=O) groups is 1. The average Bonchev–Trinajstić information content (AvgIpc) is 3.51. The summed E-state index contributed by atoms with van der Waals surface area (Å²) in [6.07, 6.45) is 5.15. The van der Waals surface area contributed by atoms with Crippen molar-refractivity contribution < 1.29 is 18.4 Å². The van der Waals surface area contributed by atoms with E-state index >= 15 is 0 Å². The van der Waals surface area contributed by atoms with Crippen LogP contribution in [-0.4, -0.2) is 51.2 Å². The summed E-state index contributed by atoms with van der Waals surface area (Å²) >= 11 is 18.4. The first kappa shape index (κ1) is 35.3. The Bertz CT molecular complexity index is 1850. The maximum absolute atomic E-state index is 12.0. The number of aromatic nitrogens is 4. The number of nitrogens with zero attached hydrogens (tertiary/aromatic N) is 5. The Hall–Kier alpha value is -4.18. The molecule has 0 aliphatic heterocycles. The molecule has 15 heteroatoms. The number of hydrogen-bond acceptors (Lipinski definition) is 8. The number of nitrogens with one attached hydrogen (secondary N) is 1. The predicted molar refractivity (Wildman–Crippen MR) is 174 cm³/mol. The van der Waals surface area contributed by atoms with E-state index < -0.39 is 22.3 Å². The second-order valence-electron chi connectivity index (χ2n) is 11.9. The molecule has 0 unspecified atom stereocenters. The van der Waals surface area contributed by atoms with Crippen molar-refractivity contribution in [1.82, 2.24) is 24.5 Å². The molecule has 0 fully saturated rings. The maximum Gasteiger partial charge on any atom is 0.442 e. The van der Waals surface area contributed by atoms with Gasteiger partial charge in [0.25, 0.3) is 0 Å². The van der Waals surface area contributed by atoms with E-state index in [9.17, 15) is 14.4 Å². The zero-order chi connectivity index (χ0) is 33.9. The number of ether oxygens (including phenoxy) is 1. The standard InChI is InChI=1S/C15H14Cl2N2O3.C15H19ClN4O3/c1-5-6-21-12-8-11(9(16)7-10(12)17)19-14(20)22-13(18-19)15(2,3)4;1-15(2,3)12-18-20(14(22)23-12)11-7-6-9(8-10(11)16)17-13(21)19(4)5/h1,7-8H,6H2,2-4H3;6-8H,1-5H3,(H,17,21). The number of hydrogen-bond donors (Lipinski definition) is 1. The second kappa shape index (κ2) is 13.9. The molecule has 12 nitrogen and oxygen atoms in total. The topological polar surface area (TPSA) is 138 Å². The van der Waals surface area contributed by atoms with Gasteiger partial charge in [0.1, 0.15) is 12.4 Å². The van der Waals surface area contributed by atoms with Gasteiger partial charge in [0.2, 0.25) is 11.8 Å². The number of anilines is 1. The first-order valence-electron chi connectivity index (χ1n) is 13.4. The highest BCUT2D eigenvalue weighted by molar-refractivity contribution is 6.36. The summed E-state index contributed by atoms with van der Waals surface area (Å²) in [5, 5.41) is 11.9. The smallest absolute Gasteiger partial charge is 0.442 e. The van der Waals surface area contributed by atoms with Gasteiger partial charge in [0.05, 0.1) is 26.4 Å². The van der Waals surface area contributed by atoms with Crippen molar-refractivity contribution in [1.29, 1.82) is 0 Å². The van der Waals surface area contributed by atoms with Gasteiger partial charge in [-0.2, -0.15) is 9.36 Å². The van der Waals surface area contributed by atoms with Gasteiger partial charge < -0.3 is 23.8 Å². The van der Waals surface area contributed by atoms with Gasteiger partial charge in [-0.05, 0) is 24.3 Å². The van der Waals surface area contributed by atoms with Crippen LogP contribution in [0.15, 0.2) is 48.8 Å². The number of urea groups is 1. The molecule has 4 rings (SSSR count). The number of rotatable bonds is 5. The summed E-state index contributed by atoms with van der Waals surface area (Å²) in [7, 11) is 3.27. The minimum absolute atomic E-state index is 0.0434. The van der Waals surface area contributed by atoms with E-state index in [0.717, 1.165) is 9.36 Å². The van der Waals surface area contributed by atoms with Gasteiger partial charge in [-0.25, -0.2) is 14.4 Å². The lowest BCUT2D eigenvalue weighted by atomic mass is 9.97. The van der Waals surface area contributed by atoms with E-state index in [1.807, 2.05) is 41.5 Å². The molecule has 0 atom stereocenters. The lowest BCUT2D eigenvalue weighted by Gasteiger charge is -2.13. The zero-order valence-electron chi connectivity index (χ0n) is 26.0. The van der Waals surface area contributed by atoms with E-state index in [-0.39, 0.29) is 27.7 Å². The van der Waals surface area contributed by atoms with Crippen molar-refractivity contribution in [2.75, 3.05) is 26.0 Å². The summed E-state index contributed by atoms with van der Waals surface area (Å²) in [4.78, 5) is 37.0. The van der Waals surface area contributed by atoms with E-state index in [2.05, 4.69) is 21.4 Å². The predicted octanol–water partition coefficient (Wildman–Crippen LogP) is 6.31. The molecule has 2 aromatic carbocycles. The van der Waals surface area contributed by atoms with Crippen LogP contribution in [0.1, 0.15) is 53.3 Å². The van der Waals surface area contributed by atoms with Crippen LogP contribution in [0.3, 0.4) is 0 Å². The Morgan fingerprint density at radius 1 is 0.889 bits per heavy atom. The van der Waals surface area contributed by atoms with E-state index in [0.29, 0.717) is 34.6 Å². The van der Waals surface area contributed by atoms with Gasteiger partial charge in [0, 0.05) is 36.7 Å². The van der Waals surface area contributed by atoms with Crippen LogP contribution >= 0.6 is 34.8 Å². The fourth-order valence-corrected chi connectivity index (χ4v) is 4.15. The van der Waals surface area contributed by atoms with Crippen LogP contribution in [0.2, 0.25) is 15.1 Å². The van der Waals surface area contributed by atoms with Crippen molar-refractivity contribution in [2.24, 2.45) is 0 Å². The molecule has 0 saturated carbocycles. The number of halogens is 3. The van der Waals surface area contributed by atoms with Crippen LogP contribution in [0, 0.1) is 12.3 Å². The van der Waals surface area contributed by atoms with Crippen LogP contribution in [-0.2, 0) is 10.8 Å². The first-order valence-corrected chi connectivity index (χ1v) is 14.5. The molecule has 0 spiro atoms. The molecule has 4 aromatic rings. The molecule has 45 heavy (non-hydrogen) atoms. The number of amides is 2. The fraction of sp³-hybridized carbons (Fsp3) is 0.367. The van der Waals surface area contributed by atoms with Crippen molar-refractivity contribution in [2.45, 2.75) is 52.4 Å². The SMILES string of the molecule is C#CCOc1cc(-n2nc(C(C)(C)C)oc2=O)c(Cl)cc1Cl.CN(C)C(=O)Nc1ccc(-n2nc(C(C)(C)C)oc2=O)c(Cl)c1. The molecular weight excluding hydrogens is 647 g/mol. The second-order valence-corrected chi connectivity index (χ2v) is 13.1.